The van der Waals surface area contributed by atoms with Crippen molar-refractivity contribution in [3.8, 4) is 0 Å². The Morgan fingerprint density at radius 1 is 1.47 bits per heavy atom. The molecule has 0 aliphatic carbocycles. The fourth-order valence-electron chi connectivity index (χ4n) is 2.07. The van der Waals surface area contributed by atoms with E-state index in [1.807, 2.05) is 0 Å². The molecular formula is C12H16Cl2N2O. The molecule has 2 heterocycles. The van der Waals surface area contributed by atoms with E-state index < -0.39 is 0 Å². The summed E-state index contributed by atoms with van der Waals surface area (Å²) < 4.78 is 5.67. The lowest BCUT2D eigenvalue weighted by Gasteiger charge is -2.36. The van der Waals surface area contributed by atoms with Crippen LogP contribution in [0.15, 0.2) is 12.3 Å². The predicted molar refractivity (Wildman–Crippen MR) is 70.9 cm³/mol. The van der Waals surface area contributed by atoms with Crippen molar-refractivity contribution in [2.75, 3.05) is 11.9 Å². The van der Waals surface area contributed by atoms with Gasteiger partial charge in [0.15, 0.2) is 0 Å². The number of ether oxygens (including phenoxy) is 1. The molecule has 1 aliphatic rings. The number of hydrogen-bond acceptors (Lipinski definition) is 3. The van der Waals surface area contributed by atoms with Gasteiger partial charge < -0.3 is 10.1 Å². The molecule has 1 saturated heterocycles. The molecule has 1 aromatic rings. The summed E-state index contributed by atoms with van der Waals surface area (Å²) in [5.74, 6) is 0.693. The third-order valence-corrected chi connectivity index (χ3v) is 3.34. The summed E-state index contributed by atoms with van der Waals surface area (Å²) >= 11 is 11.9. The smallest absolute Gasteiger partial charge is 0.145 e. The van der Waals surface area contributed by atoms with E-state index in [-0.39, 0.29) is 5.60 Å². The van der Waals surface area contributed by atoms with Crippen LogP contribution in [-0.2, 0) is 4.74 Å². The van der Waals surface area contributed by atoms with Gasteiger partial charge in [0.05, 0.1) is 15.6 Å². The molecule has 0 saturated carbocycles. The quantitative estimate of drug-likeness (QED) is 0.892. The summed E-state index contributed by atoms with van der Waals surface area (Å²) in [5.41, 5.74) is -0.0885. The zero-order valence-electron chi connectivity index (χ0n) is 9.96. The lowest BCUT2D eigenvalue weighted by Crippen LogP contribution is -2.40. The van der Waals surface area contributed by atoms with Crippen LogP contribution >= 0.6 is 23.2 Å². The zero-order chi connectivity index (χ0) is 12.5. The number of pyridine rings is 1. The summed E-state index contributed by atoms with van der Waals surface area (Å²) in [4.78, 5) is 4.20. The number of rotatable bonds is 2. The third-order valence-electron chi connectivity index (χ3n) is 2.85. The minimum atomic E-state index is -0.0885. The van der Waals surface area contributed by atoms with Gasteiger partial charge in [0, 0.05) is 18.8 Å². The monoisotopic (exact) mass is 274 g/mol. The Morgan fingerprint density at radius 2 is 2.24 bits per heavy atom. The Balaban J connectivity index is 2.05. The van der Waals surface area contributed by atoms with Crippen LogP contribution in [0.1, 0.15) is 26.7 Å². The number of nitrogens with zero attached hydrogens (tertiary/aromatic N) is 1. The van der Waals surface area contributed by atoms with Crippen LogP contribution in [-0.4, -0.2) is 23.2 Å². The van der Waals surface area contributed by atoms with Crippen molar-refractivity contribution >= 4 is 29.0 Å². The lowest BCUT2D eigenvalue weighted by molar-refractivity contribution is -0.0553. The van der Waals surface area contributed by atoms with E-state index in [4.69, 9.17) is 27.9 Å². The molecular weight excluding hydrogens is 259 g/mol. The van der Waals surface area contributed by atoms with Crippen molar-refractivity contribution < 1.29 is 4.74 Å². The first-order valence-corrected chi connectivity index (χ1v) is 6.43. The van der Waals surface area contributed by atoms with Gasteiger partial charge in [-0.1, -0.05) is 23.2 Å². The summed E-state index contributed by atoms with van der Waals surface area (Å²) in [5, 5.41) is 4.46. The fraction of sp³-hybridized carbons (Fsp3) is 0.583. The van der Waals surface area contributed by atoms with E-state index >= 15 is 0 Å². The van der Waals surface area contributed by atoms with Crippen molar-refractivity contribution in [3.05, 3.63) is 22.3 Å². The molecule has 94 valence electrons. The van der Waals surface area contributed by atoms with Crippen molar-refractivity contribution in [2.24, 2.45) is 0 Å². The SMILES string of the molecule is CC1(C)CC(Nc2ncc(Cl)cc2Cl)CCO1. The molecule has 1 N–H and O–H groups in total. The minimum Gasteiger partial charge on any atom is -0.375 e. The summed E-state index contributed by atoms with van der Waals surface area (Å²) in [6.07, 6.45) is 3.50. The second kappa shape index (κ2) is 5.01. The van der Waals surface area contributed by atoms with Gasteiger partial charge in [-0.25, -0.2) is 4.98 Å². The molecule has 0 aromatic carbocycles. The zero-order valence-corrected chi connectivity index (χ0v) is 11.5. The number of hydrogen-bond donors (Lipinski definition) is 1. The van der Waals surface area contributed by atoms with Gasteiger partial charge in [-0.15, -0.1) is 0 Å². The number of aromatic nitrogens is 1. The molecule has 1 aromatic heterocycles. The van der Waals surface area contributed by atoms with Crippen LogP contribution in [0.3, 0.4) is 0 Å². The average molecular weight is 275 g/mol. The molecule has 1 unspecified atom stereocenters. The van der Waals surface area contributed by atoms with Crippen LogP contribution in [0, 0.1) is 0 Å². The maximum atomic E-state index is 6.08. The largest absolute Gasteiger partial charge is 0.375 e. The summed E-state index contributed by atoms with van der Waals surface area (Å²) in [7, 11) is 0. The first kappa shape index (κ1) is 12.9. The van der Waals surface area contributed by atoms with Gasteiger partial charge >= 0.3 is 0 Å². The summed E-state index contributed by atoms with van der Waals surface area (Å²) in [6.45, 7) is 4.95. The van der Waals surface area contributed by atoms with Crippen LogP contribution < -0.4 is 5.32 Å². The lowest BCUT2D eigenvalue weighted by atomic mass is 9.94. The Kier molecular flexibility index (Phi) is 3.81. The highest BCUT2D eigenvalue weighted by Gasteiger charge is 2.29. The molecule has 0 bridgehead atoms. The fourth-order valence-corrected chi connectivity index (χ4v) is 2.50. The maximum absolute atomic E-state index is 6.08. The predicted octanol–water partition coefficient (Wildman–Crippen LogP) is 3.76. The maximum Gasteiger partial charge on any atom is 0.145 e. The van der Waals surface area contributed by atoms with E-state index in [2.05, 4.69) is 24.1 Å². The molecule has 5 heteroatoms. The number of nitrogens with one attached hydrogen (secondary N) is 1. The van der Waals surface area contributed by atoms with Crippen LogP contribution in [0.4, 0.5) is 5.82 Å². The highest BCUT2D eigenvalue weighted by Crippen LogP contribution is 2.29. The minimum absolute atomic E-state index is 0.0885. The van der Waals surface area contributed by atoms with Crippen LogP contribution in [0.5, 0.6) is 0 Å². The molecule has 1 fully saturated rings. The topological polar surface area (TPSA) is 34.2 Å². The third kappa shape index (κ3) is 3.47. The second-order valence-corrected chi connectivity index (χ2v) is 5.77. The highest BCUT2D eigenvalue weighted by atomic mass is 35.5. The van der Waals surface area contributed by atoms with Gasteiger partial charge in [-0.05, 0) is 32.8 Å². The second-order valence-electron chi connectivity index (χ2n) is 4.93. The van der Waals surface area contributed by atoms with E-state index in [0.29, 0.717) is 21.9 Å². The molecule has 1 aliphatic heterocycles. The van der Waals surface area contributed by atoms with Crippen molar-refractivity contribution in [3.63, 3.8) is 0 Å². The normalized spacial score (nSPS) is 23.4. The Hall–Kier alpha value is -0.510. The van der Waals surface area contributed by atoms with Crippen LogP contribution in [0.25, 0.3) is 0 Å². The highest BCUT2D eigenvalue weighted by molar-refractivity contribution is 6.35. The number of anilines is 1. The Bertz CT molecular complexity index is 409. The molecule has 1 atom stereocenters. The molecule has 3 nitrogen and oxygen atoms in total. The van der Waals surface area contributed by atoms with Gasteiger partial charge in [0.2, 0.25) is 0 Å². The van der Waals surface area contributed by atoms with Gasteiger partial charge in [0.25, 0.3) is 0 Å². The first-order chi connectivity index (χ1) is 7.96. The first-order valence-electron chi connectivity index (χ1n) is 5.68. The molecule has 0 radical (unpaired) electrons. The molecule has 0 spiro atoms. The average Bonchev–Trinajstić information content (AvgIpc) is 2.21. The van der Waals surface area contributed by atoms with Gasteiger partial charge in [-0.2, -0.15) is 0 Å². The van der Waals surface area contributed by atoms with Crippen LogP contribution in [0.2, 0.25) is 10.0 Å². The Labute approximate surface area is 111 Å². The molecule has 17 heavy (non-hydrogen) atoms. The van der Waals surface area contributed by atoms with Crippen molar-refractivity contribution in [1.82, 2.24) is 4.98 Å². The molecule has 2 rings (SSSR count). The van der Waals surface area contributed by atoms with Gasteiger partial charge in [-0.3, -0.25) is 0 Å². The summed E-state index contributed by atoms with van der Waals surface area (Å²) in [6, 6.07) is 2.04. The van der Waals surface area contributed by atoms with Crippen molar-refractivity contribution in [2.45, 2.75) is 38.3 Å². The van der Waals surface area contributed by atoms with Crippen molar-refractivity contribution in [1.29, 1.82) is 0 Å². The van der Waals surface area contributed by atoms with E-state index in [0.717, 1.165) is 19.4 Å². The standard InChI is InChI=1S/C12H16Cl2N2O/c1-12(2)6-9(3-4-17-12)16-11-10(14)5-8(13)7-15-11/h5,7,9H,3-4,6H2,1-2H3,(H,15,16). The number of halogens is 2. The Morgan fingerprint density at radius 3 is 2.88 bits per heavy atom. The molecule has 0 amide bonds. The van der Waals surface area contributed by atoms with E-state index in [9.17, 15) is 0 Å². The van der Waals surface area contributed by atoms with Gasteiger partial charge in [0.1, 0.15) is 5.82 Å². The van der Waals surface area contributed by atoms with E-state index in [1.54, 1.807) is 12.3 Å². The van der Waals surface area contributed by atoms with E-state index in [1.165, 1.54) is 0 Å².